The zero-order valence-electron chi connectivity index (χ0n) is 26.8. The van der Waals surface area contributed by atoms with Crippen LogP contribution in [0.4, 0.5) is 13.2 Å². The minimum Gasteiger partial charge on any atom is -0.504 e. The van der Waals surface area contributed by atoms with Gasteiger partial charge < -0.3 is 19.8 Å². The standard InChI is InChI=1S/C39H41F3N2O4/c1-2-21-43-23-20-37-34-28-15-16-31(45)35(34)48-36(37)30(18-19-38(37,47)32(43)25-28)44(22-7-6-11-26-9-4-3-5-10-26)33(46)17-14-27-12-8-13-29(24-27)39(40,41)42/h2-5,8-10,12-17,24,30,32,36,45,47H,1,6-7,11,18-23,25H2/t30-,32+,36-,37-,38+/m0/s1. The van der Waals surface area contributed by atoms with E-state index in [0.717, 1.165) is 36.1 Å². The summed E-state index contributed by atoms with van der Waals surface area (Å²) in [6, 6.07) is 18.0. The molecule has 0 radical (unpaired) electrons. The van der Waals surface area contributed by atoms with Gasteiger partial charge in [0, 0.05) is 30.8 Å². The Bertz CT molecular complexity index is 1730. The lowest BCUT2D eigenvalue weighted by Gasteiger charge is -2.64. The average Bonchev–Trinajstić information content (AvgIpc) is 3.43. The highest BCUT2D eigenvalue weighted by Crippen LogP contribution is 2.65. The first-order valence-electron chi connectivity index (χ1n) is 16.9. The van der Waals surface area contributed by atoms with Crippen molar-refractivity contribution in [2.75, 3.05) is 19.6 Å². The molecule has 252 valence electrons. The number of benzene rings is 3. The molecule has 7 rings (SSSR count). The molecule has 2 bridgehead atoms. The summed E-state index contributed by atoms with van der Waals surface area (Å²) in [5, 5.41) is 23.8. The largest absolute Gasteiger partial charge is 0.504 e. The molecular weight excluding hydrogens is 617 g/mol. The maximum absolute atomic E-state index is 14.2. The quantitative estimate of drug-likeness (QED) is 0.144. The van der Waals surface area contributed by atoms with Gasteiger partial charge in [0.05, 0.1) is 22.6 Å². The SMILES string of the molecule is C=CCN1CC[C@]23c4c5ccc(O)c4O[C@H]2[C@@H](N(CCCCc2ccccc2)C(=O)C=Cc2cccc(C(F)(F)F)c2)CC[C@@]3(O)[C@H]1C5. The van der Waals surface area contributed by atoms with Gasteiger partial charge in [0.15, 0.2) is 11.5 Å². The highest BCUT2D eigenvalue weighted by atomic mass is 19.4. The fourth-order valence-corrected chi connectivity index (χ4v) is 9.09. The molecule has 1 saturated carbocycles. The number of aliphatic hydroxyl groups is 1. The second kappa shape index (κ2) is 12.4. The first-order valence-corrected chi connectivity index (χ1v) is 16.9. The van der Waals surface area contributed by atoms with E-state index in [1.807, 2.05) is 30.3 Å². The third-order valence-corrected chi connectivity index (χ3v) is 11.2. The molecule has 6 nitrogen and oxygen atoms in total. The highest BCUT2D eigenvalue weighted by Gasteiger charge is 2.73. The summed E-state index contributed by atoms with van der Waals surface area (Å²) in [6.07, 6.45) is 4.08. The van der Waals surface area contributed by atoms with E-state index in [0.29, 0.717) is 57.5 Å². The summed E-state index contributed by atoms with van der Waals surface area (Å²) < 4.78 is 46.9. The molecule has 3 aromatic carbocycles. The first-order chi connectivity index (χ1) is 23.1. The number of hydrogen-bond acceptors (Lipinski definition) is 5. The number of unbranched alkanes of at least 4 members (excludes halogenated alkanes) is 1. The van der Waals surface area contributed by atoms with E-state index in [-0.39, 0.29) is 23.3 Å². The van der Waals surface area contributed by atoms with Gasteiger partial charge in [-0.3, -0.25) is 9.69 Å². The van der Waals surface area contributed by atoms with Crippen LogP contribution in [-0.4, -0.2) is 69.3 Å². The monoisotopic (exact) mass is 658 g/mol. The van der Waals surface area contributed by atoms with Crippen LogP contribution in [0.2, 0.25) is 0 Å². The number of alkyl halides is 3. The van der Waals surface area contributed by atoms with Gasteiger partial charge in [-0.2, -0.15) is 13.2 Å². The van der Waals surface area contributed by atoms with Crippen LogP contribution in [0.3, 0.4) is 0 Å². The Labute approximate surface area is 279 Å². The van der Waals surface area contributed by atoms with Crippen LogP contribution in [0.5, 0.6) is 11.5 Å². The molecule has 1 saturated heterocycles. The smallest absolute Gasteiger partial charge is 0.416 e. The first kappa shape index (κ1) is 32.5. The van der Waals surface area contributed by atoms with Gasteiger partial charge in [0.25, 0.3) is 0 Å². The second-order valence-corrected chi connectivity index (χ2v) is 13.7. The van der Waals surface area contributed by atoms with Gasteiger partial charge in [0.1, 0.15) is 6.10 Å². The predicted octanol–water partition coefficient (Wildman–Crippen LogP) is 6.68. The van der Waals surface area contributed by atoms with Gasteiger partial charge in [-0.25, -0.2) is 0 Å². The van der Waals surface area contributed by atoms with Crippen LogP contribution in [-0.2, 0) is 29.2 Å². The Morgan fingerprint density at radius 2 is 1.90 bits per heavy atom. The van der Waals surface area contributed by atoms with Crippen molar-refractivity contribution in [1.29, 1.82) is 0 Å². The minimum atomic E-state index is -4.49. The van der Waals surface area contributed by atoms with E-state index in [1.165, 1.54) is 23.8 Å². The van der Waals surface area contributed by atoms with Crippen molar-refractivity contribution in [1.82, 2.24) is 9.80 Å². The zero-order chi connectivity index (χ0) is 33.7. The number of amides is 1. The van der Waals surface area contributed by atoms with Crippen molar-refractivity contribution in [3.05, 3.63) is 113 Å². The molecule has 2 aliphatic carbocycles. The molecule has 1 spiro atoms. The summed E-state index contributed by atoms with van der Waals surface area (Å²) in [7, 11) is 0. The number of piperidine rings is 1. The van der Waals surface area contributed by atoms with Gasteiger partial charge in [-0.05, 0) is 92.5 Å². The summed E-state index contributed by atoms with van der Waals surface area (Å²) in [5.41, 5.74) is 0.652. The Balaban J connectivity index is 1.23. The lowest BCUT2D eigenvalue weighted by atomic mass is 9.48. The number of phenolic OH excluding ortho intramolecular Hbond substituents is 1. The zero-order valence-corrected chi connectivity index (χ0v) is 26.8. The molecule has 2 heterocycles. The Morgan fingerprint density at radius 1 is 1.08 bits per heavy atom. The topological polar surface area (TPSA) is 73.2 Å². The summed E-state index contributed by atoms with van der Waals surface area (Å²) >= 11 is 0. The number of halogens is 3. The van der Waals surface area contributed by atoms with Crippen LogP contribution in [0.1, 0.15) is 59.9 Å². The Morgan fingerprint density at radius 3 is 2.67 bits per heavy atom. The molecule has 9 heteroatoms. The van der Waals surface area contributed by atoms with Crippen LogP contribution in [0.25, 0.3) is 6.08 Å². The van der Waals surface area contributed by atoms with Crippen molar-refractivity contribution in [3.63, 3.8) is 0 Å². The number of rotatable bonds is 10. The van der Waals surface area contributed by atoms with E-state index < -0.39 is 34.9 Å². The molecule has 4 aliphatic rings. The maximum Gasteiger partial charge on any atom is 0.416 e. The molecule has 0 unspecified atom stereocenters. The van der Waals surface area contributed by atoms with E-state index >= 15 is 0 Å². The molecule has 2 fully saturated rings. The number of nitrogens with zero attached hydrogens (tertiary/aromatic N) is 2. The van der Waals surface area contributed by atoms with Crippen LogP contribution >= 0.6 is 0 Å². The number of likely N-dealkylation sites (tertiary alicyclic amines) is 1. The van der Waals surface area contributed by atoms with Gasteiger partial charge in [-0.15, -0.1) is 6.58 Å². The average molecular weight is 659 g/mol. The number of hydrogen-bond donors (Lipinski definition) is 2. The van der Waals surface area contributed by atoms with E-state index in [1.54, 1.807) is 17.0 Å². The summed E-state index contributed by atoms with van der Waals surface area (Å²) in [4.78, 5) is 18.3. The van der Waals surface area contributed by atoms with Gasteiger partial charge in [-0.1, -0.05) is 54.6 Å². The minimum absolute atomic E-state index is 0.0239. The normalized spacial score (nSPS) is 27.4. The molecule has 3 aromatic rings. The van der Waals surface area contributed by atoms with E-state index in [2.05, 4.69) is 23.6 Å². The van der Waals surface area contributed by atoms with Crippen molar-refractivity contribution in [3.8, 4) is 11.5 Å². The Hall–Kier alpha value is -4.08. The summed E-state index contributed by atoms with van der Waals surface area (Å²) in [6.45, 7) is 5.71. The van der Waals surface area contributed by atoms with E-state index in [9.17, 15) is 28.2 Å². The van der Waals surface area contributed by atoms with Crippen molar-refractivity contribution < 1.29 is 32.9 Å². The van der Waals surface area contributed by atoms with Crippen molar-refractivity contribution in [2.24, 2.45) is 0 Å². The molecule has 0 aromatic heterocycles. The lowest BCUT2D eigenvalue weighted by molar-refractivity contribution is -0.199. The van der Waals surface area contributed by atoms with Crippen LogP contribution < -0.4 is 4.74 Å². The number of ether oxygens (including phenoxy) is 1. The number of phenols is 1. The van der Waals surface area contributed by atoms with Crippen LogP contribution in [0.15, 0.2) is 85.5 Å². The molecule has 2 aliphatic heterocycles. The number of aromatic hydroxyl groups is 1. The number of carbonyl (C=O) groups is 1. The van der Waals surface area contributed by atoms with Gasteiger partial charge in [0.2, 0.25) is 5.91 Å². The van der Waals surface area contributed by atoms with Crippen molar-refractivity contribution >= 4 is 12.0 Å². The number of carbonyl (C=O) groups excluding carboxylic acids is 1. The third-order valence-electron chi connectivity index (χ3n) is 11.2. The number of aryl methyl sites for hydroxylation is 1. The van der Waals surface area contributed by atoms with E-state index in [4.69, 9.17) is 4.74 Å². The molecule has 48 heavy (non-hydrogen) atoms. The molecule has 2 N–H and O–H groups in total. The fraction of sp³-hybridized carbons (Fsp3) is 0.410. The Kier molecular flexibility index (Phi) is 8.40. The molecular formula is C39H41F3N2O4. The molecule has 1 amide bonds. The fourth-order valence-electron chi connectivity index (χ4n) is 9.09. The maximum atomic E-state index is 14.2. The highest BCUT2D eigenvalue weighted by molar-refractivity contribution is 5.92. The third kappa shape index (κ3) is 5.31. The summed E-state index contributed by atoms with van der Waals surface area (Å²) in [5.74, 6) is 0.102. The second-order valence-electron chi connectivity index (χ2n) is 13.7. The van der Waals surface area contributed by atoms with Crippen molar-refractivity contribution in [2.45, 2.75) is 80.3 Å². The van der Waals surface area contributed by atoms with Crippen LogP contribution in [0, 0.1) is 0 Å². The predicted molar refractivity (Wildman–Crippen MR) is 178 cm³/mol. The molecule has 5 atom stereocenters. The lowest BCUT2D eigenvalue weighted by Crippen LogP contribution is -2.78. The van der Waals surface area contributed by atoms with Gasteiger partial charge >= 0.3 is 6.18 Å².